The lowest BCUT2D eigenvalue weighted by molar-refractivity contribution is 0.604. The zero-order valence-corrected chi connectivity index (χ0v) is 18.8. The van der Waals surface area contributed by atoms with Gasteiger partial charge < -0.3 is 4.52 Å². The van der Waals surface area contributed by atoms with Crippen molar-refractivity contribution in [3.05, 3.63) is 127 Å². The van der Waals surface area contributed by atoms with E-state index in [-0.39, 0.29) is 6.04 Å². The quantitative estimate of drug-likeness (QED) is 0.219. The lowest BCUT2D eigenvalue weighted by atomic mass is 10.2. The van der Waals surface area contributed by atoms with E-state index in [1.807, 2.05) is 18.2 Å². The fraction of sp³-hybridized carbons (Fsp3) is 0.107. The fourth-order valence-corrected chi connectivity index (χ4v) is 7.01. The Morgan fingerprint density at radius 1 is 0.581 bits per heavy atom. The zero-order valence-electron chi connectivity index (χ0n) is 17.9. The Morgan fingerprint density at radius 3 is 1.29 bits per heavy atom. The van der Waals surface area contributed by atoms with Crippen LogP contribution in [0.3, 0.4) is 0 Å². The van der Waals surface area contributed by atoms with Crippen LogP contribution in [0.4, 0.5) is 0 Å². The van der Waals surface area contributed by atoms with Crippen LogP contribution in [0.5, 0.6) is 0 Å². The summed E-state index contributed by atoms with van der Waals surface area (Å²) in [5.41, 5.74) is 0.989. The molecule has 0 aliphatic heterocycles. The van der Waals surface area contributed by atoms with Gasteiger partial charge in [-0.3, -0.25) is 0 Å². The van der Waals surface area contributed by atoms with Crippen LogP contribution in [0, 0.1) is 0 Å². The first-order chi connectivity index (χ1) is 15.2. The van der Waals surface area contributed by atoms with E-state index in [1.54, 1.807) is 0 Å². The summed E-state index contributed by atoms with van der Waals surface area (Å²) in [7, 11) is -2.46. The molecule has 3 heteroatoms. The molecule has 0 aliphatic carbocycles. The summed E-state index contributed by atoms with van der Waals surface area (Å²) in [6.45, 7) is 4.17. The molecule has 0 radical (unpaired) electrons. The van der Waals surface area contributed by atoms with Gasteiger partial charge in [0.15, 0.2) is 0 Å². The van der Waals surface area contributed by atoms with Crippen LogP contribution in [0.25, 0.3) is 0 Å². The van der Waals surface area contributed by atoms with Gasteiger partial charge in [0.2, 0.25) is 0 Å². The molecule has 0 saturated heterocycles. The Hall–Kier alpha value is -3.22. The highest BCUT2D eigenvalue weighted by Gasteiger charge is 2.50. The maximum atomic E-state index is 7.15. The maximum Gasteiger partial charge on any atom is 0.289 e. The van der Waals surface area contributed by atoms with Crippen molar-refractivity contribution >= 4 is 29.3 Å². The number of aliphatic imine (C=N–C) groups is 1. The van der Waals surface area contributed by atoms with Gasteiger partial charge in [0, 0.05) is 11.6 Å². The molecule has 154 valence electrons. The molecule has 0 atom stereocenters. The van der Waals surface area contributed by atoms with Gasteiger partial charge in [-0.1, -0.05) is 72.8 Å². The van der Waals surface area contributed by atoms with Crippen molar-refractivity contribution in [1.29, 1.82) is 0 Å². The third-order valence-corrected chi connectivity index (χ3v) is 8.50. The summed E-state index contributed by atoms with van der Waals surface area (Å²) in [6.07, 6.45) is 0. The molecular formula is C28H27NOP+. The second kappa shape index (κ2) is 9.73. The third kappa shape index (κ3) is 4.60. The number of hydrogen-bond donors (Lipinski definition) is 0. The fourth-order valence-electron chi connectivity index (χ4n) is 3.61. The smallest absolute Gasteiger partial charge is 0.289 e. The molecule has 4 rings (SSSR count). The molecule has 0 unspecified atom stereocenters. The van der Waals surface area contributed by atoms with Crippen molar-refractivity contribution in [2.45, 2.75) is 19.9 Å². The van der Waals surface area contributed by atoms with E-state index in [9.17, 15) is 0 Å². The van der Waals surface area contributed by atoms with E-state index in [2.05, 4.69) is 117 Å². The largest absolute Gasteiger partial charge is 0.314 e. The maximum absolute atomic E-state index is 7.15. The molecule has 31 heavy (non-hydrogen) atoms. The second-order valence-electron chi connectivity index (χ2n) is 7.60. The molecular weight excluding hydrogens is 397 g/mol. The van der Waals surface area contributed by atoms with Crippen molar-refractivity contribution in [3.63, 3.8) is 0 Å². The molecule has 0 fully saturated rings. The van der Waals surface area contributed by atoms with Crippen LogP contribution in [0.1, 0.15) is 19.4 Å². The van der Waals surface area contributed by atoms with Gasteiger partial charge in [-0.05, 0) is 62.4 Å². The molecule has 0 aliphatic rings. The molecule has 0 amide bonds. The minimum absolute atomic E-state index is 0.111. The van der Waals surface area contributed by atoms with Crippen LogP contribution in [-0.2, 0) is 4.52 Å². The highest BCUT2D eigenvalue weighted by atomic mass is 31.2. The summed E-state index contributed by atoms with van der Waals surface area (Å²) in [5.74, 6) is 0.681. The van der Waals surface area contributed by atoms with Crippen LogP contribution >= 0.6 is 7.49 Å². The summed E-state index contributed by atoms with van der Waals surface area (Å²) in [5, 5.41) is 3.50. The van der Waals surface area contributed by atoms with Gasteiger partial charge in [0.25, 0.3) is 13.4 Å². The van der Waals surface area contributed by atoms with Crippen molar-refractivity contribution in [1.82, 2.24) is 0 Å². The number of nitrogens with zero attached hydrogens (tertiary/aromatic N) is 1. The summed E-state index contributed by atoms with van der Waals surface area (Å²) in [6, 6.07) is 42.0. The zero-order chi connectivity index (χ0) is 21.5. The average molecular weight is 425 g/mol. The molecule has 4 aromatic rings. The SMILES string of the molecule is CC(C)N=C(O[P+](c1ccccc1)(c1ccccc1)c1ccccc1)c1ccccc1. The van der Waals surface area contributed by atoms with E-state index in [0.717, 1.165) is 5.56 Å². The van der Waals surface area contributed by atoms with Crippen molar-refractivity contribution < 1.29 is 4.52 Å². The second-order valence-corrected chi connectivity index (χ2v) is 10.6. The Kier molecular flexibility index (Phi) is 6.60. The van der Waals surface area contributed by atoms with E-state index in [4.69, 9.17) is 9.52 Å². The normalized spacial score (nSPS) is 12.0. The first-order valence-electron chi connectivity index (χ1n) is 10.6. The topological polar surface area (TPSA) is 21.6 Å². The average Bonchev–Trinajstić information content (AvgIpc) is 2.84. The van der Waals surface area contributed by atoms with Crippen molar-refractivity contribution in [2.75, 3.05) is 0 Å². The Labute approximate surface area is 185 Å². The van der Waals surface area contributed by atoms with Gasteiger partial charge in [-0.15, -0.1) is 0 Å². The molecule has 0 aromatic heterocycles. The van der Waals surface area contributed by atoms with Gasteiger partial charge in [0.1, 0.15) is 15.9 Å². The summed E-state index contributed by atoms with van der Waals surface area (Å²) >= 11 is 0. The molecule has 0 saturated carbocycles. The van der Waals surface area contributed by atoms with E-state index in [1.165, 1.54) is 15.9 Å². The highest BCUT2D eigenvalue weighted by Crippen LogP contribution is 2.57. The molecule has 0 N–H and O–H groups in total. The lowest BCUT2D eigenvalue weighted by Crippen LogP contribution is -2.34. The van der Waals surface area contributed by atoms with Gasteiger partial charge >= 0.3 is 0 Å². The number of rotatable bonds is 6. The van der Waals surface area contributed by atoms with Crippen LogP contribution in [0.2, 0.25) is 0 Å². The summed E-state index contributed by atoms with van der Waals surface area (Å²) in [4.78, 5) is 4.93. The number of hydrogen-bond acceptors (Lipinski definition) is 2. The Balaban J connectivity index is 2.00. The predicted molar refractivity (Wildman–Crippen MR) is 134 cm³/mol. The van der Waals surface area contributed by atoms with Gasteiger partial charge in [-0.2, -0.15) is 0 Å². The highest BCUT2D eigenvalue weighted by molar-refractivity contribution is 7.92. The number of benzene rings is 4. The molecule has 2 nitrogen and oxygen atoms in total. The van der Waals surface area contributed by atoms with Crippen molar-refractivity contribution in [2.24, 2.45) is 4.99 Å². The predicted octanol–water partition coefficient (Wildman–Crippen LogP) is 5.77. The van der Waals surface area contributed by atoms with E-state index < -0.39 is 7.49 Å². The van der Waals surface area contributed by atoms with Crippen LogP contribution < -0.4 is 15.9 Å². The Bertz CT molecular complexity index is 1010. The first kappa shape index (κ1) is 21.0. The monoisotopic (exact) mass is 424 g/mol. The van der Waals surface area contributed by atoms with Crippen molar-refractivity contribution in [3.8, 4) is 0 Å². The third-order valence-electron chi connectivity index (χ3n) is 4.98. The molecule has 4 aromatic carbocycles. The van der Waals surface area contributed by atoms with Crippen LogP contribution in [-0.4, -0.2) is 11.9 Å². The van der Waals surface area contributed by atoms with E-state index in [0.29, 0.717) is 5.90 Å². The van der Waals surface area contributed by atoms with Gasteiger partial charge in [0.05, 0.1) is 0 Å². The Morgan fingerprint density at radius 2 is 0.935 bits per heavy atom. The molecule has 0 bridgehead atoms. The molecule has 0 heterocycles. The lowest BCUT2D eigenvalue weighted by Gasteiger charge is -2.27. The standard InChI is InChI=1S/C28H27NOP/c1-23(2)29-28(24-15-7-3-8-16-24)30-31(25-17-9-4-10-18-25,26-19-11-5-12-20-26)27-21-13-6-14-22-27/h3-23H,1-2H3/q+1. The van der Waals surface area contributed by atoms with Crippen LogP contribution in [0.15, 0.2) is 126 Å². The minimum Gasteiger partial charge on any atom is -0.314 e. The van der Waals surface area contributed by atoms with E-state index >= 15 is 0 Å². The van der Waals surface area contributed by atoms with Gasteiger partial charge in [-0.25, -0.2) is 4.99 Å². The minimum atomic E-state index is -2.46. The summed E-state index contributed by atoms with van der Waals surface area (Å²) < 4.78 is 7.15. The first-order valence-corrected chi connectivity index (χ1v) is 12.3. The molecule has 0 spiro atoms.